The Labute approximate surface area is 180 Å². The highest BCUT2D eigenvalue weighted by molar-refractivity contribution is 6.34. The van der Waals surface area contributed by atoms with Crippen molar-refractivity contribution in [3.63, 3.8) is 0 Å². The van der Waals surface area contributed by atoms with Gasteiger partial charge in [0.25, 0.3) is 5.91 Å². The normalized spacial score (nSPS) is 11.1. The van der Waals surface area contributed by atoms with E-state index in [1.54, 1.807) is 17.3 Å². The van der Waals surface area contributed by atoms with Crippen molar-refractivity contribution in [2.24, 2.45) is 0 Å². The van der Waals surface area contributed by atoms with Crippen LogP contribution in [0.1, 0.15) is 43.2 Å². The molecule has 29 heavy (non-hydrogen) atoms. The predicted octanol–water partition coefficient (Wildman–Crippen LogP) is 4.34. The lowest BCUT2D eigenvalue weighted by Crippen LogP contribution is -2.38. The van der Waals surface area contributed by atoms with E-state index in [9.17, 15) is 9.59 Å². The zero-order valence-corrected chi connectivity index (χ0v) is 18.1. The number of ether oxygens (including phenoxy) is 1. The van der Waals surface area contributed by atoms with E-state index in [1.165, 1.54) is 12.1 Å². The Morgan fingerprint density at radius 2 is 1.97 bits per heavy atom. The molecule has 1 N–H and O–H groups in total. The van der Waals surface area contributed by atoms with Crippen LogP contribution >= 0.6 is 23.2 Å². The molecule has 0 aliphatic heterocycles. The van der Waals surface area contributed by atoms with Crippen molar-refractivity contribution >= 4 is 35.2 Å². The molecule has 2 heterocycles. The van der Waals surface area contributed by atoms with Crippen LogP contribution in [0.25, 0.3) is 0 Å². The Balaban J connectivity index is 1.93. The summed E-state index contributed by atoms with van der Waals surface area (Å²) < 4.78 is 5.49. The fourth-order valence-corrected chi connectivity index (χ4v) is 2.75. The Hall–Kier alpha value is -2.38. The number of nitrogens with zero attached hydrogens (tertiary/aromatic N) is 3. The maximum absolute atomic E-state index is 12.5. The number of nitrogens with one attached hydrogen (secondary N) is 1. The first-order chi connectivity index (χ1) is 13.7. The van der Waals surface area contributed by atoms with Gasteiger partial charge in [-0.1, -0.05) is 29.3 Å². The number of halogens is 2. The van der Waals surface area contributed by atoms with Crippen LogP contribution in [-0.2, 0) is 11.3 Å². The summed E-state index contributed by atoms with van der Waals surface area (Å²) in [5.74, 6) is -0.423. The topological polar surface area (TPSA) is 84.4 Å². The highest BCUT2D eigenvalue weighted by atomic mass is 35.5. The van der Waals surface area contributed by atoms with Gasteiger partial charge in [0.1, 0.15) is 16.4 Å². The first-order valence-electron chi connectivity index (χ1n) is 9.13. The minimum atomic E-state index is -0.604. The quantitative estimate of drug-likeness (QED) is 0.513. The van der Waals surface area contributed by atoms with Crippen molar-refractivity contribution in [1.82, 2.24) is 20.2 Å². The SMILES string of the molecule is CC(C)(C)OC(=O)N(CCCNC(=O)c1nc(Cl)ccc1Cl)Cc1cccnc1. The van der Waals surface area contributed by atoms with Gasteiger partial charge in [-0.15, -0.1) is 0 Å². The van der Waals surface area contributed by atoms with Gasteiger partial charge in [-0.05, 0) is 51.0 Å². The molecule has 156 valence electrons. The van der Waals surface area contributed by atoms with Gasteiger partial charge < -0.3 is 15.0 Å². The molecule has 0 saturated carbocycles. The lowest BCUT2D eigenvalue weighted by molar-refractivity contribution is 0.0232. The molecule has 7 nitrogen and oxygen atoms in total. The Morgan fingerprint density at radius 3 is 2.62 bits per heavy atom. The molecule has 0 bridgehead atoms. The highest BCUT2D eigenvalue weighted by Crippen LogP contribution is 2.17. The van der Waals surface area contributed by atoms with Crippen molar-refractivity contribution in [3.8, 4) is 0 Å². The number of hydrogen-bond acceptors (Lipinski definition) is 5. The minimum Gasteiger partial charge on any atom is -0.444 e. The monoisotopic (exact) mass is 438 g/mol. The first-order valence-corrected chi connectivity index (χ1v) is 9.88. The van der Waals surface area contributed by atoms with Crippen molar-refractivity contribution in [1.29, 1.82) is 0 Å². The summed E-state index contributed by atoms with van der Waals surface area (Å²) in [6.45, 7) is 6.52. The molecule has 0 unspecified atom stereocenters. The van der Waals surface area contributed by atoms with Gasteiger partial charge >= 0.3 is 6.09 Å². The van der Waals surface area contributed by atoms with Crippen molar-refractivity contribution in [2.75, 3.05) is 13.1 Å². The summed E-state index contributed by atoms with van der Waals surface area (Å²) >= 11 is 11.8. The lowest BCUT2D eigenvalue weighted by atomic mass is 10.2. The van der Waals surface area contributed by atoms with Crippen LogP contribution in [0.15, 0.2) is 36.7 Å². The summed E-state index contributed by atoms with van der Waals surface area (Å²) in [6.07, 6.45) is 3.47. The van der Waals surface area contributed by atoms with Crippen LogP contribution in [0.4, 0.5) is 4.79 Å². The number of hydrogen-bond donors (Lipinski definition) is 1. The van der Waals surface area contributed by atoms with Gasteiger partial charge in [-0.25, -0.2) is 9.78 Å². The third kappa shape index (κ3) is 7.87. The Morgan fingerprint density at radius 1 is 1.21 bits per heavy atom. The zero-order valence-electron chi connectivity index (χ0n) is 16.6. The number of carbonyl (C=O) groups excluding carboxylic acids is 2. The van der Waals surface area contributed by atoms with Crippen LogP contribution < -0.4 is 5.32 Å². The van der Waals surface area contributed by atoms with E-state index in [1.807, 2.05) is 32.9 Å². The van der Waals surface area contributed by atoms with Crippen molar-refractivity contribution in [3.05, 3.63) is 58.1 Å². The number of pyridine rings is 2. The molecule has 0 radical (unpaired) electrons. The lowest BCUT2D eigenvalue weighted by Gasteiger charge is -2.27. The number of amides is 2. The Kier molecular flexibility index (Phi) is 8.22. The van der Waals surface area contributed by atoms with Crippen molar-refractivity contribution in [2.45, 2.75) is 39.3 Å². The number of aromatic nitrogens is 2. The second-order valence-electron chi connectivity index (χ2n) is 7.34. The van der Waals surface area contributed by atoms with Crippen LogP contribution in [0.3, 0.4) is 0 Å². The van der Waals surface area contributed by atoms with Crippen LogP contribution in [0, 0.1) is 0 Å². The largest absolute Gasteiger partial charge is 0.444 e. The van der Waals surface area contributed by atoms with Gasteiger partial charge in [0, 0.05) is 25.5 Å². The van der Waals surface area contributed by atoms with E-state index in [0.29, 0.717) is 26.1 Å². The van der Waals surface area contributed by atoms with Crippen LogP contribution in [-0.4, -0.2) is 45.6 Å². The van der Waals surface area contributed by atoms with Crippen LogP contribution in [0.5, 0.6) is 0 Å². The average Bonchev–Trinajstić information content (AvgIpc) is 2.65. The van der Waals surface area contributed by atoms with Crippen LogP contribution in [0.2, 0.25) is 10.2 Å². The van der Waals surface area contributed by atoms with E-state index in [2.05, 4.69) is 15.3 Å². The van der Waals surface area contributed by atoms with E-state index in [-0.39, 0.29) is 15.9 Å². The molecule has 2 rings (SSSR count). The summed E-state index contributed by atoms with van der Waals surface area (Å²) in [6, 6.07) is 6.73. The third-order valence-electron chi connectivity index (χ3n) is 3.67. The average molecular weight is 439 g/mol. The molecule has 0 saturated heterocycles. The standard InChI is InChI=1S/C20H24Cl2N4O3/c1-20(2,3)29-19(28)26(13-14-6-4-9-23-12-14)11-5-10-24-18(27)17-15(21)7-8-16(22)25-17/h4,6-9,12H,5,10-11,13H2,1-3H3,(H,24,27). The van der Waals surface area contributed by atoms with Gasteiger partial charge in [0.15, 0.2) is 0 Å². The molecule has 0 aromatic carbocycles. The molecule has 0 atom stereocenters. The second kappa shape index (κ2) is 10.4. The van der Waals surface area contributed by atoms with Gasteiger partial charge in [0.05, 0.1) is 11.6 Å². The summed E-state index contributed by atoms with van der Waals surface area (Å²) in [5, 5.41) is 3.15. The molecule has 2 amide bonds. The molecular formula is C20H24Cl2N4O3. The first kappa shape index (κ1) is 22.9. The maximum atomic E-state index is 12.5. The zero-order chi connectivity index (χ0) is 21.4. The third-order valence-corrected chi connectivity index (χ3v) is 4.18. The molecule has 2 aromatic rings. The van der Waals surface area contributed by atoms with E-state index < -0.39 is 17.6 Å². The van der Waals surface area contributed by atoms with Gasteiger partial charge in [0.2, 0.25) is 0 Å². The van der Waals surface area contributed by atoms with Gasteiger partial charge in [-0.3, -0.25) is 9.78 Å². The van der Waals surface area contributed by atoms with Crippen molar-refractivity contribution < 1.29 is 14.3 Å². The fourth-order valence-electron chi connectivity index (χ4n) is 2.41. The molecule has 0 aliphatic carbocycles. The number of carbonyl (C=O) groups is 2. The van der Waals surface area contributed by atoms with E-state index in [4.69, 9.17) is 27.9 Å². The number of rotatable bonds is 7. The fraction of sp³-hybridized carbons (Fsp3) is 0.400. The second-order valence-corrected chi connectivity index (χ2v) is 8.13. The predicted molar refractivity (Wildman–Crippen MR) is 112 cm³/mol. The molecule has 9 heteroatoms. The minimum absolute atomic E-state index is 0.0681. The molecular weight excluding hydrogens is 415 g/mol. The maximum Gasteiger partial charge on any atom is 0.410 e. The summed E-state index contributed by atoms with van der Waals surface area (Å²) in [7, 11) is 0. The van der Waals surface area contributed by atoms with Gasteiger partial charge in [-0.2, -0.15) is 0 Å². The summed E-state index contributed by atoms with van der Waals surface area (Å²) in [5.41, 5.74) is 0.351. The highest BCUT2D eigenvalue weighted by Gasteiger charge is 2.22. The van der Waals surface area contributed by atoms with E-state index >= 15 is 0 Å². The van der Waals surface area contributed by atoms with E-state index in [0.717, 1.165) is 5.56 Å². The molecule has 0 fully saturated rings. The smallest absolute Gasteiger partial charge is 0.410 e. The molecule has 2 aromatic heterocycles. The molecule has 0 aliphatic rings. The summed E-state index contributed by atoms with van der Waals surface area (Å²) in [4.78, 5) is 34.4. The Bertz CT molecular complexity index is 841. The molecule has 0 spiro atoms.